The Morgan fingerprint density at radius 2 is 2.44 bits per heavy atom. The van der Waals surface area contributed by atoms with E-state index in [0.29, 0.717) is 17.6 Å². The van der Waals surface area contributed by atoms with Gasteiger partial charge < -0.3 is 14.6 Å². The quantitative estimate of drug-likeness (QED) is 0.831. The molecular formula is C13H21N3O2. The van der Waals surface area contributed by atoms with E-state index in [0.717, 1.165) is 31.8 Å². The molecule has 0 bridgehead atoms. The first-order chi connectivity index (χ1) is 8.85. The lowest BCUT2D eigenvalue weighted by molar-refractivity contribution is -0.172. The van der Waals surface area contributed by atoms with Crippen molar-refractivity contribution >= 4 is 0 Å². The lowest BCUT2D eigenvalue weighted by Gasteiger charge is -2.61. The van der Waals surface area contributed by atoms with Gasteiger partial charge in [0.25, 0.3) is 0 Å². The number of aromatic nitrogens is 2. The minimum atomic E-state index is 0.438. The molecule has 1 spiro atoms. The average Bonchev–Trinajstić information content (AvgIpc) is 2.77. The summed E-state index contributed by atoms with van der Waals surface area (Å²) in [5.74, 6) is 0.783. The second kappa shape index (κ2) is 4.97. The molecule has 2 atom stereocenters. The van der Waals surface area contributed by atoms with Crippen molar-refractivity contribution in [3.8, 4) is 0 Å². The molecule has 0 saturated heterocycles. The van der Waals surface area contributed by atoms with Gasteiger partial charge >= 0.3 is 0 Å². The fourth-order valence-electron chi connectivity index (χ4n) is 3.39. The molecule has 1 N–H and O–H groups in total. The highest BCUT2D eigenvalue weighted by atomic mass is 16.5. The maximum atomic E-state index is 5.84. The molecule has 2 aliphatic carbocycles. The SMILES string of the molecule is CCOC1CC(NCCc2ncon2)C12CCC2. The van der Waals surface area contributed by atoms with Crippen LogP contribution in [0, 0.1) is 5.41 Å². The van der Waals surface area contributed by atoms with Crippen LogP contribution in [0.25, 0.3) is 0 Å². The largest absolute Gasteiger partial charge is 0.378 e. The van der Waals surface area contributed by atoms with Crippen molar-refractivity contribution in [2.75, 3.05) is 13.2 Å². The van der Waals surface area contributed by atoms with E-state index in [1.54, 1.807) is 0 Å². The van der Waals surface area contributed by atoms with E-state index in [1.165, 1.54) is 25.7 Å². The second-order valence-electron chi connectivity index (χ2n) is 5.37. The molecule has 1 aromatic heterocycles. The van der Waals surface area contributed by atoms with Gasteiger partial charge in [-0.3, -0.25) is 0 Å². The van der Waals surface area contributed by atoms with Crippen molar-refractivity contribution in [1.82, 2.24) is 15.5 Å². The van der Waals surface area contributed by atoms with E-state index in [9.17, 15) is 0 Å². The van der Waals surface area contributed by atoms with Gasteiger partial charge in [-0.1, -0.05) is 11.6 Å². The first-order valence-electron chi connectivity index (χ1n) is 6.95. The molecule has 2 aliphatic rings. The third-order valence-corrected chi connectivity index (χ3v) is 4.58. The molecular weight excluding hydrogens is 230 g/mol. The summed E-state index contributed by atoms with van der Waals surface area (Å²) >= 11 is 0. The third kappa shape index (κ3) is 1.95. The lowest BCUT2D eigenvalue weighted by Crippen LogP contribution is -2.67. The topological polar surface area (TPSA) is 60.2 Å². The average molecular weight is 251 g/mol. The Labute approximate surface area is 107 Å². The maximum absolute atomic E-state index is 5.84. The molecule has 100 valence electrons. The molecule has 0 aliphatic heterocycles. The van der Waals surface area contributed by atoms with Gasteiger partial charge in [0.15, 0.2) is 5.82 Å². The zero-order valence-corrected chi connectivity index (χ0v) is 10.9. The molecule has 0 aromatic carbocycles. The van der Waals surface area contributed by atoms with Crippen molar-refractivity contribution < 1.29 is 9.26 Å². The van der Waals surface area contributed by atoms with Crippen LogP contribution in [0.3, 0.4) is 0 Å². The predicted molar refractivity (Wildman–Crippen MR) is 66.1 cm³/mol. The molecule has 2 fully saturated rings. The molecule has 18 heavy (non-hydrogen) atoms. The van der Waals surface area contributed by atoms with Crippen molar-refractivity contribution in [3.05, 3.63) is 12.2 Å². The van der Waals surface area contributed by atoms with Crippen LogP contribution < -0.4 is 5.32 Å². The Morgan fingerprint density at radius 3 is 3.06 bits per heavy atom. The zero-order chi connectivity index (χ0) is 12.4. The van der Waals surface area contributed by atoms with Gasteiger partial charge in [-0.25, -0.2) is 0 Å². The van der Waals surface area contributed by atoms with Gasteiger partial charge in [-0.2, -0.15) is 4.98 Å². The van der Waals surface area contributed by atoms with E-state index in [4.69, 9.17) is 9.26 Å². The Hall–Kier alpha value is -0.940. The Bertz CT molecular complexity index is 376. The highest BCUT2D eigenvalue weighted by molar-refractivity contribution is 5.12. The molecule has 1 heterocycles. The van der Waals surface area contributed by atoms with E-state index in [2.05, 4.69) is 22.4 Å². The lowest BCUT2D eigenvalue weighted by atomic mass is 9.51. The normalized spacial score (nSPS) is 28.9. The number of rotatable bonds is 6. The van der Waals surface area contributed by atoms with Crippen LogP contribution in [-0.2, 0) is 11.2 Å². The van der Waals surface area contributed by atoms with Crippen LogP contribution in [-0.4, -0.2) is 35.4 Å². The van der Waals surface area contributed by atoms with Gasteiger partial charge in [0.1, 0.15) is 0 Å². The highest BCUT2D eigenvalue weighted by Gasteiger charge is 2.58. The van der Waals surface area contributed by atoms with Gasteiger partial charge in [-0.15, -0.1) is 0 Å². The van der Waals surface area contributed by atoms with Crippen LogP contribution in [0.1, 0.15) is 38.4 Å². The summed E-state index contributed by atoms with van der Waals surface area (Å²) in [6.45, 7) is 3.84. The van der Waals surface area contributed by atoms with Crippen molar-refractivity contribution in [3.63, 3.8) is 0 Å². The summed E-state index contributed by atoms with van der Waals surface area (Å²) in [6.07, 6.45) is 7.85. The zero-order valence-electron chi connectivity index (χ0n) is 10.9. The summed E-state index contributed by atoms with van der Waals surface area (Å²) in [6, 6.07) is 0.620. The molecule has 5 nitrogen and oxygen atoms in total. The minimum Gasteiger partial charge on any atom is -0.378 e. The van der Waals surface area contributed by atoms with Crippen LogP contribution in [0.15, 0.2) is 10.9 Å². The molecule has 3 rings (SSSR count). The summed E-state index contributed by atoms with van der Waals surface area (Å²) in [5.41, 5.74) is 0.438. The number of hydrogen-bond donors (Lipinski definition) is 1. The van der Waals surface area contributed by atoms with Crippen molar-refractivity contribution in [1.29, 1.82) is 0 Å². The number of hydrogen-bond acceptors (Lipinski definition) is 5. The van der Waals surface area contributed by atoms with E-state index in [1.807, 2.05) is 0 Å². The van der Waals surface area contributed by atoms with Gasteiger partial charge in [0, 0.05) is 31.0 Å². The molecule has 2 saturated carbocycles. The Balaban J connectivity index is 1.46. The van der Waals surface area contributed by atoms with Gasteiger partial charge in [0.2, 0.25) is 6.39 Å². The van der Waals surface area contributed by atoms with Crippen LogP contribution in [0.2, 0.25) is 0 Å². The summed E-state index contributed by atoms with van der Waals surface area (Å²) < 4.78 is 10.6. The standard InChI is InChI=1S/C13H21N3O2/c1-2-17-11-8-10(13(11)5-3-6-13)14-7-4-12-15-9-18-16-12/h9-11,14H,2-8H2,1H3. The smallest absolute Gasteiger partial charge is 0.213 e. The molecule has 0 amide bonds. The first-order valence-corrected chi connectivity index (χ1v) is 6.95. The van der Waals surface area contributed by atoms with Crippen molar-refractivity contribution in [2.45, 2.75) is 51.2 Å². The summed E-state index contributed by atoms with van der Waals surface area (Å²) in [4.78, 5) is 4.03. The first kappa shape index (κ1) is 12.1. The fourth-order valence-corrected chi connectivity index (χ4v) is 3.39. The van der Waals surface area contributed by atoms with Gasteiger partial charge in [0.05, 0.1) is 6.10 Å². The van der Waals surface area contributed by atoms with Crippen molar-refractivity contribution in [2.24, 2.45) is 5.41 Å². The fraction of sp³-hybridized carbons (Fsp3) is 0.846. The second-order valence-corrected chi connectivity index (χ2v) is 5.37. The molecule has 2 unspecified atom stereocenters. The van der Waals surface area contributed by atoms with E-state index in [-0.39, 0.29) is 0 Å². The molecule has 5 heteroatoms. The van der Waals surface area contributed by atoms with Crippen LogP contribution in [0.5, 0.6) is 0 Å². The van der Waals surface area contributed by atoms with Crippen LogP contribution >= 0.6 is 0 Å². The number of nitrogens with zero attached hydrogens (tertiary/aromatic N) is 2. The summed E-state index contributed by atoms with van der Waals surface area (Å²) in [5, 5.41) is 7.46. The third-order valence-electron chi connectivity index (χ3n) is 4.58. The van der Waals surface area contributed by atoms with Gasteiger partial charge in [-0.05, 0) is 26.2 Å². The van der Waals surface area contributed by atoms with E-state index < -0.39 is 0 Å². The molecule has 0 radical (unpaired) electrons. The Morgan fingerprint density at radius 1 is 1.56 bits per heavy atom. The number of nitrogens with one attached hydrogen (secondary N) is 1. The summed E-state index contributed by atoms with van der Waals surface area (Å²) in [7, 11) is 0. The maximum Gasteiger partial charge on any atom is 0.213 e. The monoisotopic (exact) mass is 251 g/mol. The molecule has 1 aromatic rings. The predicted octanol–water partition coefficient (Wildman–Crippen LogP) is 1.55. The van der Waals surface area contributed by atoms with Crippen LogP contribution in [0.4, 0.5) is 0 Å². The van der Waals surface area contributed by atoms with E-state index >= 15 is 0 Å². The Kier molecular flexibility index (Phi) is 3.35. The minimum absolute atomic E-state index is 0.438. The highest BCUT2D eigenvalue weighted by Crippen LogP contribution is 2.57. The number of ether oxygens (including phenoxy) is 1.